The van der Waals surface area contributed by atoms with Crippen LogP contribution in [-0.2, 0) is 20.7 Å². The SMILES string of the molecule is O=C(O)C(CCc1ccccc1)NC(=O)C1CCCCO1. The number of ether oxygens (including phenoxy) is 1. The number of carboxylic acid groups (broad SMARTS) is 1. The van der Waals surface area contributed by atoms with Crippen molar-refractivity contribution in [3.8, 4) is 0 Å². The Kier molecular flexibility index (Phi) is 5.75. The predicted molar refractivity (Wildman–Crippen MR) is 77.9 cm³/mol. The van der Waals surface area contributed by atoms with Crippen LogP contribution in [0.5, 0.6) is 0 Å². The van der Waals surface area contributed by atoms with Crippen LogP contribution >= 0.6 is 0 Å². The largest absolute Gasteiger partial charge is 0.480 e. The van der Waals surface area contributed by atoms with Crippen LogP contribution < -0.4 is 5.32 Å². The molecule has 21 heavy (non-hydrogen) atoms. The van der Waals surface area contributed by atoms with E-state index in [1.54, 1.807) is 0 Å². The van der Waals surface area contributed by atoms with Gasteiger partial charge >= 0.3 is 5.97 Å². The van der Waals surface area contributed by atoms with Crippen molar-refractivity contribution in [3.63, 3.8) is 0 Å². The minimum Gasteiger partial charge on any atom is -0.480 e. The van der Waals surface area contributed by atoms with E-state index in [9.17, 15) is 14.7 Å². The Morgan fingerprint density at radius 2 is 2.05 bits per heavy atom. The third-order valence-electron chi connectivity index (χ3n) is 3.65. The highest BCUT2D eigenvalue weighted by Crippen LogP contribution is 2.13. The van der Waals surface area contributed by atoms with E-state index in [2.05, 4.69) is 5.32 Å². The Morgan fingerprint density at radius 1 is 1.29 bits per heavy atom. The average molecular weight is 291 g/mol. The first-order valence-electron chi connectivity index (χ1n) is 7.35. The zero-order chi connectivity index (χ0) is 15.1. The molecule has 1 saturated heterocycles. The van der Waals surface area contributed by atoms with E-state index in [-0.39, 0.29) is 5.91 Å². The highest BCUT2D eigenvalue weighted by Gasteiger charge is 2.26. The summed E-state index contributed by atoms with van der Waals surface area (Å²) in [5.74, 6) is -1.31. The van der Waals surface area contributed by atoms with E-state index in [1.165, 1.54) is 0 Å². The minimum atomic E-state index is -1.00. The van der Waals surface area contributed by atoms with Crippen molar-refractivity contribution >= 4 is 11.9 Å². The van der Waals surface area contributed by atoms with Crippen molar-refractivity contribution < 1.29 is 19.4 Å². The number of carbonyl (C=O) groups is 2. The number of aliphatic carboxylic acids is 1. The highest BCUT2D eigenvalue weighted by atomic mass is 16.5. The molecule has 1 aliphatic heterocycles. The first-order valence-corrected chi connectivity index (χ1v) is 7.35. The Hall–Kier alpha value is -1.88. The zero-order valence-corrected chi connectivity index (χ0v) is 12.0. The summed E-state index contributed by atoms with van der Waals surface area (Å²) >= 11 is 0. The second kappa shape index (κ2) is 7.78. The first kappa shape index (κ1) is 15.5. The van der Waals surface area contributed by atoms with Gasteiger partial charge in [0.1, 0.15) is 12.1 Å². The Balaban J connectivity index is 1.86. The van der Waals surface area contributed by atoms with E-state index in [0.717, 1.165) is 18.4 Å². The fourth-order valence-electron chi connectivity index (χ4n) is 2.43. The number of nitrogens with one attached hydrogen (secondary N) is 1. The van der Waals surface area contributed by atoms with Gasteiger partial charge in [0, 0.05) is 6.61 Å². The maximum Gasteiger partial charge on any atom is 0.326 e. The Bertz CT molecular complexity index is 468. The topological polar surface area (TPSA) is 75.6 Å². The lowest BCUT2D eigenvalue weighted by molar-refractivity contribution is -0.145. The van der Waals surface area contributed by atoms with Crippen LogP contribution in [0.1, 0.15) is 31.2 Å². The maximum atomic E-state index is 12.0. The van der Waals surface area contributed by atoms with Crippen molar-refractivity contribution in [1.29, 1.82) is 0 Å². The van der Waals surface area contributed by atoms with Crippen molar-refractivity contribution in [3.05, 3.63) is 35.9 Å². The van der Waals surface area contributed by atoms with Crippen LogP contribution in [0.25, 0.3) is 0 Å². The molecule has 114 valence electrons. The van der Waals surface area contributed by atoms with Crippen LogP contribution in [0.2, 0.25) is 0 Å². The number of aryl methyl sites for hydroxylation is 1. The quantitative estimate of drug-likeness (QED) is 0.837. The molecular weight excluding hydrogens is 270 g/mol. The molecule has 5 nitrogen and oxygen atoms in total. The molecular formula is C16H21NO4. The van der Waals surface area contributed by atoms with Gasteiger partial charge in [0.15, 0.2) is 0 Å². The van der Waals surface area contributed by atoms with Crippen molar-refractivity contribution in [1.82, 2.24) is 5.32 Å². The summed E-state index contributed by atoms with van der Waals surface area (Å²) in [6.45, 7) is 0.569. The average Bonchev–Trinajstić information content (AvgIpc) is 2.52. The van der Waals surface area contributed by atoms with Gasteiger partial charge in [-0.25, -0.2) is 4.79 Å². The number of carbonyl (C=O) groups excluding carboxylic acids is 1. The van der Waals surface area contributed by atoms with Crippen LogP contribution in [0.4, 0.5) is 0 Å². The molecule has 1 amide bonds. The lowest BCUT2D eigenvalue weighted by Crippen LogP contribution is -2.47. The Morgan fingerprint density at radius 3 is 2.67 bits per heavy atom. The van der Waals surface area contributed by atoms with Crippen molar-refractivity contribution in [2.24, 2.45) is 0 Å². The van der Waals surface area contributed by atoms with Crippen LogP contribution in [0, 0.1) is 0 Å². The molecule has 1 aromatic rings. The first-order chi connectivity index (χ1) is 10.2. The lowest BCUT2D eigenvalue weighted by atomic mass is 10.0. The van der Waals surface area contributed by atoms with Gasteiger partial charge in [-0.1, -0.05) is 30.3 Å². The molecule has 2 rings (SSSR count). The molecule has 2 atom stereocenters. The van der Waals surface area contributed by atoms with Crippen molar-refractivity contribution in [2.75, 3.05) is 6.61 Å². The third-order valence-corrected chi connectivity index (χ3v) is 3.65. The number of hydrogen-bond donors (Lipinski definition) is 2. The summed E-state index contributed by atoms with van der Waals surface area (Å²) in [4.78, 5) is 23.3. The molecule has 0 spiro atoms. The molecule has 1 heterocycles. The third kappa shape index (κ3) is 4.86. The van der Waals surface area contributed by atoms with Crippen LogP contribution in [0.3, 0.4) is 0 Å². The molecule has 2 N–H and O–H groups in total. The van der Waals surface area contributed by atoms with E-state index in [4.69, 9.17) is 4.74 Å². The second-order valence-electron chi connectivity index (χ2n) is 5.28. The molecule has 1 fully saturated rings. The van der Waals surface area contributed by atoms with Crippen LogP contribution in [0.15, 0.2) is 30.3 Å². The van der Waals surface area contributed by atoms with Gasteiger partial charge < -0.3 is 15.2 Å². The standard InChI is InChI=1S/C16H21NO4/c18-15(14-8-4-5-11-21-14)17-13(16(19)20)10-9-12-6-2-1-3-7-12/h1-3,6-7,13-14H,4-5,8-11H2,(H,17,18)(H,19,20). The van der Waals surface area contributed by atoms with Gasteiger partial charge in [-0.15, -0.1) is 0 Å². The normalized spacial score (nSPS) is 19.7. The minimum absolute atomic E-state index is 0.310. The molecule has 2 unspecified atom stereocenters. The molecule has 0 aromatic heterocycles. The lowest BCUT2D eigenvalue weighted by Gasteiger charge is -2.23. The monoisotopic (exact) mass is 291 g/mol. The van der Waals surface area contributed by atoms with Gasteiger partial charge in [0.25, 0.3) is 0 Å². The molecule has 0 bridgehead atoms. The maximum absolute atomic E-state index is 12.0. The van der Waals surface area contributed by atoms with Gasteiger partial charge in [0.05, 0.1) is 0 Å². The van der Waals surface area contributed by atoms with E-state index in [1.807, 2.05) is 30.3 Å². The number of hydrogen-bond acceptors (Lipinski definition) is 3. The summed E-state index contributed by atoms with van der Waals surface area (Å²) in [5.41, 5.74) is 1.06. The van der Waals surface area contributed by atoms with Gasteiger partial charge in [-0.2, -0.15) is 0 Å². The zero-order valence-electron chi connectivity index (χ0n) is 12.0. The molecule has 5 heteroatoms. The fourth-order valence-corrected chi connectivity index (χ4v) is 2.43. The molecule has 0 saturated carbocycles. The molecule has 0 aliphatic carbocycles. The second-order valence-corrected chi connectivity index (χ2v) is 5.28. The highest BCUT2D eigenvalue weighted by molar-refractivity contribution is 5.86. The van der Waals surface area contributed by atoms with Crippen molar-refractivity contribution in [2.45, 2.75) is 44.2 Å². The summed E-state index contributed by atoms with van der Waals surface area (Å²) < 4.78 is 5.38. The summed E-state index contributed by atoms with van der Waals surface area (Å²) in [6.07, 6.45) is 3.05. The van der Waals surface area contributed by atoms with E-state index < -0.39 is 18.1 Å². The predicted octanol–water partition coefficient (Wildman–Crippen LogP) is 1.76. The van der Waals surface area contributed by atoms with Crippen LogP contribution in [-0.4, -0.2) is 35.7 Å². The summed E-state index contributed by atoms with van der Waals surface area (Å²) in [5, 5.41) is 11.8. The van der Waals surface area contributed by atoms with Gasteiger partial charge in [-0.05, 0) is 37.7 Å². The molecule has 1 aromatic carbocycles. The molecule has 0 radical (unpaired) electrons. The number of carboxylic acids is 1. The Labute approximate surface area is 124 Å². The smallest absolute Gasteiger partial charge is 0.326 e. The number of benzene rings is 1. The molecule has 1 aliphatic rings. The summed E-state index contributed by atoms with van der Waals surface area (Å²) in [6, 6.07) is 8.78. The van der Waals surface area contributed by atoms with Gasteiger partial charge in [-0.3, -0.25) is 4.79 Å². The van der Waals surface area contributed by atoms with E-state index in [0.29, 0.717) is 25.9 Å². The fraction of sp³-hybridized carbons (Fsp3) is 0.500. The number of rotatable bonds is 6. The van der Waals surface area contributed by atoms with Gasteiger partial charge in [0.2, 0.25) is 5.91 Å². The number of amides is 1. The summed E-state index contributed by atoms with van der Waals surface area (Å²) in [7, 11) is 0. The van der Waals surface area contributed by atoms with E-state index >= 15 is 0 Å².